The van der Waals surface area contributed by atoms with Crippen LogP contribution in [-0.2, 0) is 15.3 Å². The Morgan fingerprint density at radius 3 is 2.38 bits per heavy atom. The second-order valence-corrected chi connectivity index (χ2v) is 3.58. The van der Waals surface area contributed by atoms with Crippen LogP contribution in [0.4, 0.5) is 0 Å². The van der Waals surface area contributed by atoms with E-state index in [2.05, 4.69) is 20.9 Å². The standard InChI is InChI=1S/C9H14BrNO3.C2H6/c1-12-9(13-2,4-3-5-10)8-11-6-7-14-8;1-2/h6-7H,3-5H2,1-2H3;1-2H3. The van der Waals surface area contributed by atoms with Crippen molar-refractivity contribution < 1.29 is 13.9 Å². The van der Waals surface area contributed by atoms with Crippen molar-refractivity contribution in [2.45, 2.75) is 32.5 Å². The molecule has 16 heavy (non-hydrogen) atoms. The Hall–Kier alpha value is -0.390. The second kappa shape index (κ2) is 8.73. The number of ether oxygens (including phenoxy) is 2. The van der Waals surface area contributed by atoms with Gasteiger partial charge < -0.3 is 13.9 Å². The summed E-state index contributed by atoms with van der Waals surface area (Å²) in [5, 5.41) is 0.891. The number of aromatic nitrogens is 1. The van der Waals surface area contributed by atoms with Crippen molar-refractivity contribution >= 4 is 15.9 Å². The minimum Gasteiger partial charge on any atom is -0.444 e. The molecular formula is C11H20BrNO3. The zero-order valence-electron chi connectivity index (χ0n) is 10.3. The Morgan fingerprint density at radius 1 is 1.38 bits per heavy atom. The fourth-order valence-electron chi connectivity index (χ4n) is 1.28. The van der Waals surface area contributed by atoms with E-state index in [1.165, 1.54) is 6.26 Å². The quantitative estimate of drug-likeness (QED) is 0.596. The maximum absolute atomic E-state index is 5.33. The molecule has 0 saturated heterocycles. The summed E-state index contributed by atoms with van der Waals surface area (Å²) in [5.74, 6) is -0.388. The minimum absolute atomic E-state index is 0.462. The highest BCUT2D eigenvalue weighted by Gasteiger charge is 2.36. The molecule has 0 N–H and O–H groups in total. The zero-order chi connectivity index (χ0) is 12.4. The second-order valence-electron chi connectivity index (χ2n) is 2.79. The topological polar surface area (TPSA) is 44.5 Å². The van der Waals surface area contributed by atoms with Gasteiger partial charge in [0.1, 0.15) is 6.26 Å². The van der Waals surface area contributed by atoms with Gasteiger partial charge in [0, 0.05) is 26.0 Å². The Balaban J connectivity index is 0.00000106. The number of nitrogens with zero attached hydrogens (tertiary/aromatic N) is 1. The molecule has 0 fully saturated rings. The van der Waals surface area contributed by atoms with Crippen LogP contribution in [0.3, 0.4) is 0 Å². The molecule has 0 saturated carbocycles. The van der Waals surface area contributed by atoms with Gasteiger partial charge in [-0.1, -0.05) is 29.8 Å². The normalized spacial score (nSPS) is 10.8. The van der Waals surface area contributed by atoms with Crippen LogP contribution in [0.15, 0.2) is 16.9 Å². The zero-order valence-corrected chi connectivity index (χ0v) is 11.9. The molecule has 94 valence electrons. The van der Waals surface area contributed by atoms with Crippen molar-refractivity contribution in [1.29, 1.82) is 0 Å². The van der Waals surface area contributed by atoms with Gasteiger partial charge in [-0.3, -0.25) is 0 Å². The minimum atomic E-state index is -0.850. The average Bonchev–Trinajstić information content (AvgIpc) is 2.88. The summed E-state index contributed by atoms with van der Waals surface area (Å²) in [6.07, 6.45) is 4.71. The summed E-state index contributed by atoms with van der Waals surface area (Å²) in [6, 6.07) is 0. The van der Waals surface area contributed by atoms with E-state index in [1.54, 1.807) is 20.4 Å². The van der Waals surface area contributed by atoms with E-state index < -0.39 is 5.79 Å². The van der Waals surface area contributed by atoms with Crippen molar-refractivity contribution in [3.05, 3.63) is 18.4 Å². The molecule has 0 radical (unpaired) electrons. The van der Waals surface area contributed by atoms with Gasteiger partial charge in [-0.25, -0.2) is 4.98 Å². The first-order valence-corrected chi connectivity index (χ1v) is 6.47. The maximum atomic E-state index is 5.33. The van der Waals surface area contributed by atoms with Gasteiger partial charge in [-0.2, -0.15) is 0 Å². The van der Waals surface area contributed by atoms with E-state index in [4.69, 9.17) is 13.9 Å². The molecule has 0 atom stereocenters. The molecule has 0 bridgehead atoms. The number of oxazole rings is 1. The summed E-state index contributed by atoms with van der Waals surface area (Å²) < 4.78 is 15.9. The summed E-state index contributed by atoms with van der Waals surface area (Å²) in [6.45, 7) is 4.00. The average molecular weight is 294 g/mol. The van der Waals surface area contributed by atoms with Crippen LogP contribution >= 0.6 is 15.9 Å². The molecule has 1 rings (SSSR count). The van der Waals surface area contributed by atoms with Gasteiger partial charge >= 0.3 is 0 Å². The first kappa shape index (κ1) is 15.6. The lowest BCUT2D eigenvalue weighted by Crippen LogP contribution is -2.31. The molecule has 1 aromatic rings. The molecule has 0 amide bonds. The lowest BCUT2D eigenvalue weighted by atomic mass is 10.1. The maximum Gasteiger partial charge on any atom is 0.255 e. The highest BCUT2D eigenvalue weighted by molar-refractivity contribution is 9.09. The predicted octanol–water partition coefficient (Wildman–Crippen LogP) is 3.32. The Kier molecular flexibility index (Phi) is 8.51. The van der Waals surface area contributed by atoms with Crippen molar-refractivity contribution in [3.63, 3.8) is 0 Å². The summed E-state index contributed by atoms with van der Waals surface area (Å²) >= 11 is 3.36. The first-order chi connectivity index (χ1) is 7.79. The third kappa shape index (κ3) is 3.88. The van der Waals surface area contributed by atoms with Gasteiger partial charge in [0.25, 0.3) is 5.89 Å². The fraction of sp³-hybridized carbons (Fsp3) is 0.727. The molecule has 0 aliphatic heterocycles. The van der Waals surface area contributed by atoms with Gasteiger partial charge in [-0.05, 0) is 6.42 Å². The summed E-state index contributed by atoms with van der Waals surface area (Å²) in [4.78, 5) is 4.05. The van der Waals surface area contributed by atoms with Crippen LogP contribution < -0.4 is 0 Å². The SMILES string of the molecule is CC.COC(CCCBr)(OC)c1ncco1. The smallest absolute Gasteiger partial charge is 0.255 e. The fourth-order valence-corrected chi connectivity index (χ4v) is 1.56. The van der Waals surface area contributed by atoms with E-state index in [9.17, 15) is 0 Å². The Bertz CT molecular complexity index is 248. The largest absolute Gasteiger partial charge is 0.444 e. The molecule has 0 aliphatic rings. The lowest BCUT2D eigenvalue weighted by molar-refractivity contribution is -0.233. The molecule has 1 aromatic heterocycles. The highest BCUT2D eigenvalue weighted by atomic mass is 79.9. The van der Waals surface area contributed by atoms with Crippen molar-refractivity contribution in [2.24, 2.45) is 0 Å². The van der Waals surface area contributed by atoms with Crippen LogP contribution in [-0.4, -0.2) is 24.5 Å². The van der Waals surface area contributed by atoms with E-state index in [-0.39, 0.29) is 0 Å². The Morgan fingerprint density at radius 2 is 2.00 bits per heavy atom. The van der Waals surface area contributed by atoms with Crippen molar-refractivity contribution in [1.82, 2.24) is 4.98 Å². The predicted molar refractivity (Wildman–Crippen MR) is 66.6 cm³/mol. The first-order valence-electron chi connectivity index (χ1n) is 5.35. The number of rotatable bonds is 6. The van der Waals surface area contributed by atoms with Gasteiger partial charge in [0.2, 0.25) is 5.79 Å². The molecule has 4 nitrogen and oxygen atoms in total. The number of halogens is 1. The highest BCUT2D eigenvalue weighted by Crippen LogP contribution is 2.29. The molecule has 0 spiro atoms. The van der Waals surface area contributed by atoms with Gasteiger partial charge in [0.15, 0.2) is 0 Å². The van der Waals surface area contributed by atoms with Crippen molar-refractivity contribution in [2.75, 3.05) is 19.5 Å². The monoisotopic (exact) mass is 293 g/mol. The number of hydrogen-bond acceptors (Lipinski definition) is 4. The number of hydrogen-bond donors (Lipinski definition) is 0. The molecule has 0 unspecified atom stereocenters. The molecule has 0 aliphatic carbocycles. The van der Waals surface area contributed by atoms with Crippen molar-refractivity contribution in [3.8, 4) is 0 Å². The van der Waals surface area contributed by atoms with E-state index in [0.717, 1.165) is 11.8 Å². The van der Waals surface area contributed by atoms with E-state index >= 15 is 0 Å². The molecule has 0 aromatic carbocycles. The van der Waals surface area contributed by atoms with Gasteiger partial charge in [-0.15, -0.1) is 0 Å². The van der Waals surface area contributed by atoms with Gasteiger partial charge in [0.05, 0.1) is 6.20 Å². The third-order valence-electron chi connectivity index (χ3n) is 2.06. The summed E-state index contributed by atoms with van der Waals surface area (Å²) in [7, 11) is 3.17. The lowest BCUT2D eigenvalue weighted by Gasteiger charge is -2.27. The van der Waals surface area contributed by atoms with Crippen LogP contribution in [0.5, 0.6) is 0 Å². The molecule has 1 heterocycles. The summed E-state index contributed by atoms with van der Waals surface area (Å²) in [5.41, 5.74) is 0. The molecular weight excluding hydrogens is 274 g/mol. The van der Waals surface area contributed by atoms with E-state index in [0.29, 0.717) is 12.3 Å². The molecule has 5 heteroatoms. The number of methoxy groups -OCH3 is 2. The van der Waals surface area contributed by atoms with E-state index in [1.807, 2.05) is 13.8 Å². The van der Waals surface area contributed by atoms with Crippen LogP contribution in [0.1, 0.15) is 32.6 Å². The van der Waals surface area contributed by atoms with Crippen LogP contribution in [0.25, 0.3) is 0 Å². The Labute approximate surface area is 105 Å². The van der Waals surface area contributed by atoms with Crippen LogP contribution in [0, 0.1) is 0 Å². The number of alkyl halides is 1. The van der Waals surface area contributed by atoms with Crippen LogP contribution in [0.2, 0.25) is 0 Å². The third-order valence-corrected chi connectivity index (χ3v) is 2.62.